The summed E-state index contributed by atoms with van der Waals surface area (Å²) in [5, 5.41) is 3.60. The molecule has 4 nitrogen and oxygen atoms in total. The van der Waals surface area contributed by atoms with Crippen LogP contribution in [0.2, 0.25) is 0 Å². The smallest absolute Gasteiger partial charge is 0.131 e. The van der Waals surface area contributed by atoms with E-state index in [4.69, 9.17) is 0 Å². The largest absolute Gasteiger partial charge is 0.356 e. The minimum Gasteiger partial charge on any atom is -0.356 e. The zero-order valence-electron chi connectivity index (χ0n) is 11.7. The van der Waals surface area contributed by atoms with Crippen molar-refractivity contribution in [2.45, 2.75) is 39.2 Å². The molecule has 0 amide bonds. The molecule has 0 radical (unpaired) electrons. The molecule has 4 heteroatoms. The van der Waals surface area contributed by atoms with Crippen LogP contribution < -0.4 is 10.2 Å². The average molecular weight is 248 g/mol. The standard InChI is InChI=1S/C14H24N4/c1-14(2,3)17-9-12-5-4-8-18(10-12)13-6-7-15-11-16-13/h6-7,11-12,17H,4-5,8-10H2,1-3H3. The molecule has 0 aliphatic carbocycles. The van der Waals surface area contributed by atoms with Crippen LogP contribution >= 0.6 is 0 Å². The van der Waals surface area contributed by atoms with Gasteiger partial charge >= 0.3 is 0 Å². The number of hydrogen-bond donors (Lipinski definition) is 1. The van der Waals surface area contributed by atoms with Crippen molar-refractivity contribution in [2.75, 3.05) is 24.5 Å². The Labute approximate surface area is 110 Å². The van der Waals surface area contributed by atoms with Gasteiger partial charge in [-0.15, -0.1) is 0 Å². The Morgan fingerprint density at radius 2 is 2.28 bits per heavy atom. The van der Waals surface area contributed by atoms with Gasteiger partial charge in [0.15, 0.2) is 0 Å². The van der Waals surface area contributed by atoms with E-state index in [9.17, 15) is 0 Å². The second kappa shape index (κ2) is 5.65. The third kappa shape index (κ3) is 3.95. The third-order valence-electron chi connectivity index (χ3n) is 3.33. The highest BCUT2D eigenvalue weighted by Gasteiger charge is 2.22. The second-order valence-corrected chi connectivity index (χ2v) is 6.15. The van der Waals surface area contributed by atoms with Crippen LogP contribution in [0.5, 0.6) is 0 Å². The Kier molecular flexibility index (Phi) is 4.17. The minimum absolute atomic E-state index is 0.206. The summed E-state index contributed by atoms with van der Waals surface area (Å²) in [5.74, 6) is 1.78. The zero-order chi connectivity index (χ0) is 13.0. The summed E-state index contributed by atoms with van der Waals surface area (Å²) < 4.78 is 0. The van der Waals surface area contributed by atoms with Gasteiger partial charge in [0.25, 0.3) is 0 Å². The molecule has 1 aromatic rings. The lowest BCUT2D eigenvalue weighted by molar-refractivity contribution is 0.335. The van der Waals surface area contributed by atoms with E-state index in [-0.39, 0.29) is 5.54 Å². The molecule has 0 aromatic carbocycles. The highest BCUT2D eigenvalue weighted by molar-refractivity contribution is 5.36. The lowest BCUT2D eigenvalue weighted by Crippen LogP contribution is -2.44. The van der Waals surface area contributed by atoms with E-state index in [1.165, 1.54) is 12.8 Å². The number of nitrogens with one attached hydrogen (secondary N) is 1. The van der Waals surface area contributed by atoms with Gasteiger partial charge in [-0.3, -0.25) is 0 Å². The minimum atomic E-state index is 0.206. The van der Waals surface area contributed by atoms with Gasteiger partial charge in [0, 0.05) is 31.4 Å². The summed E-state index contributed by atoms with van der Waals surface area (Å²) >= 11 is 0. The fourth-order valence-corrected chi connectivity index (χ4v) is 2.36. The SMILES string of the molecule is CC(C)(C)NCC1CCCN(c2ccncn2)C1. The van der Waals surface area contributed by atoms with Crippen LogP contribution in [-0.2, 0) is 0 Å². The molecule has 0 saturated carbocycles. The van der Waals surface area contributed by atoms with Crippen LogP contribution in [0.1, 0.15) is 33.6 Å². The Bertz CT molecular complexity index is 358. The summed E-state index contributed by atoms with van der Waals surface area (Å²) in [7, 11) is 0. The molecule has 100 valence electrons. The normalized spacial score (nSPS) is 21.1. The number of hydrogen-bond acceptors (Lipinski definition) is 4. The van der Waals surface area contributed by atoms with E-state index in [1.54, 1.807) is 6.33 Å². The maximum atomic E-state index is 4.34. The summed E-state index contributed by atoms with van der Waals surface area (Å²) in [5.41, 5.74) is 0.206. The Balaban J connectivity index is 1.89. The Hall–Kier alpha value is -1.16. The van der Waals surface area contributed by atoms with E-state index >= 15 is 0 Å². The van der Waals surface area contributed by atoms with Crippen LogP contribution in [0.3, 0.4) is 0 Å². The maximum Gasteiger partial charge on any atom is 0.131 e. The first-order chi connectivity index (χ1) is 8.54. The zero-order valence-corrected chi connectivity index (χ0v) is 11.7. The monoisotopic (exact) mass is 248 g/mol. The van der Waals surface area contributed by atoms with Crippen molar-refractivity contribution in [1.82, 2.24) is 15.3 Å². The van der Waals surface area contributed by atoms with Crippen molar-refractivity contribution in [3.63, 3.8) is 0 Å². The van der Waals surface area contributed by atoms with Crippen LogP contribution in [0, 0.1) is 5.92 Å². The van der Waals surface area contributed by atoms with Crippen molar-refractivity contribution in [2.24, 2.45) is 5.92 Å². The van der Waals surface area contributed by atoms with Gasteiger partial charge in [-0.2, -0.15) is 0 Å². The van der Waals surface area contributed by atoms with E-state index < -0.39 is 0 Å². The molecule has 1 atom stereocenters. The fourth-order valence-electron chi connectivity index (χ4n) is 2.36. The summed E-state index contributed by atoms with van der Waals surface area (Å²) in [6.45, 7) is 9.96. The van der Waals surface area contributed by atoms with Gasteiger partial charge in [0.1, 0.15) is 12.1 Å². The summed E-state index contributed by atoms with van der Waals surface area (Å²) in [4.78, 5) is 10.7. The third-order valence-corrected chi connectivity index (χ3v) is 3.33. The van der Waals surface area contributed by atoms with Crippen LogP contribution in [0.15, 0.2) is 18.6 Å². The van der Waals surface area contributed by atoms with Crippen molar-refractivity contribution >= 4 is 5.82 Å². The maximum absolute atomic E-state index is 4.34. The molecule has 1 unspecified atom stereocenters. The summed E-state index contributed by atoms with van der Waals surface area (Å²) in [6.07, 6.45) is 6.01. The van der Waals surface area contributed by atoms with Crippen molar-refractivity contribution in [3.05, 3.63) is 18.6 Å². The topological polar surface area (TPSA) is 41.0 Å². The molecule has 1 fully saturated rings. The van der Waals surface area contributed by atoms with Crippen molar-refractivity contribution in [1.29, 1.82) is 0 Å². The number of nitrogens with zero attached hydrogens (tertiary/aromatic N) is 3. The molecular weight excluding hydrogens is 224 g/mol. The van der Waals surface area contributed by atoms with Crippen molar-refractivity contribution in [3.8, 4) is 0 Å². The van der Waals surface area contributed by atoms with Crippen molar-refractivity contribution < 1.29 is 0 Å². The number of aromatic nitrogens is 2. The van der Waals surface area contributed by atoms with Gasteiger partial charge in [0.2, 0.25) is 0 Å². The lowest BCUT2D eigenvalue weighted by Gasteiger charge is -2.35. The predicted molar refractivity (Wildman–Crippen MR) is 74.7 cm³/mol. The van der Waals surface area contributed by atoms with Gasteiger partial charge in [-0.25, -0.2) is 9.97 Å². The van der Waals surface area contributed by atoms with Crippen LogP contribution in [-0.4, -0.2) is 35.1 Å². The lowest BCUT2D eigenvalue weighted by atomic mass is 9.96. The molecule has 0 spiro atoms. The number of rotatable bonds is 3. The Morgan fingerprint density at radius 3 is 2.94 bits per heavy atom. The van der Waals surface area contributed by atoms with E-state index in [1.807, 2.05) is 12.3 Å². The molecule has 18 heavy (non-hydrogen) atoms. The average Bonchev–Trinajstić information content (AvgIpc) is 2.37. The molecule has 1 aliphatic heterocycles. The van der Waals surface area contributed by atoms with Crippen LogP contribution in [0.25, 0.3) is 0 Å². The first-order valence-corrected chi connectivity index (χ1v) is 6.80. The molecule has 1 aromatic heterocycles. The Morgan fingerprint density at radius 1 is 1.44 bits per heavy atom. The van der Waals surface area contributed by atoms with E-state index in [0.717, 1.165) is 25.5 Å². The van der Waals surface area contributed by atoms with Gasteiger partial charge in [0.05, 0.1) is 0 Å². The van der Waals surface area contributed by atoms with E-state index in [2.05, 4.69) is 41.0 Å². The molecule has 2 heterocycles. The molecule has 1 saturated heterocycles. The second-order valence-electron chi connectivity index (χ2n) is 6.15. The fraction of sp³-hybridized carbons (Fsp3) is 0.714. The van der Waals surface area contributed by atoms with Gasteiger partial charge in [-0.05, 0) is 45.6 Å². The molecule has 2 rings (SSSR count). The van der Waals surface area contributed by atoms with Gasteiger partial charge < -0.3 is 10.2 Å². The van der Waals surface area contributed by atoms with Crippen LogP contribution in [0.4, 0.5) is 5.82 Å². The quantitative estimate of drug-likeness (QED) is 0.889. The summed E-state index contributed by atoms with van der Waals surface area (Å²) in [6, 6.07) is 2.00. The molecule has 0 bridgehead atoms. The molecule has 1 aliphatic rings. The molecule has 1 N–H and O–H groups in total. The number of piperidine rings is 1. The predicted octanol–water partition coefficient (Wildman–Crippen LogP) is 2.08. The van der Waals surface area contributed by atoms with Gasteiger partial charge in [-0.1, -0.05) is 0 Å². The number of anilines is 1. The highest BCUT2D eigenvalue weighted by atomic mass is 15.2. The molecular formula is C14H24N4. The first-order valence-electron chi connectivity index (χ1n) is 6.80. The highest BCUT2D eigenvalue weighted by Crippen LogP contribution is 2.20. The first kappa shape index (κ1) is 13.3. The van der Waals surface area contributed by atoms with E-state index in [0.29, 0.717) is 5.92 Å².